The average molecular weight is 520 g/mol. The van der Waals surface area contributed by atoms with Crippen molar-refractivity contribution in [3.63, 3.8) is 0 Å². The fourth-order valence-electron chi connectivity index (χ4n) is 4.91. The van der Waals surface area contributed by atoms with Crippen LogP contribution in [0.4, 0.5) is 18.0 Å². The summed E-state index contributed by atoms with van der Waals surface area (Å²) in [6.07, 6.45) is 1.79. The number of amides is 1. The highest BCUT2D eigenvalue weighted by molar-refractivity contribution is 5.85. The van der Waals surface area contributed by atoms with E-state index in [1.54, 1.807) is 0 Å². The van der Waals surface area contributed by atoms with Crippen LogP contribution < -0.4 is 14.8 Å². The van der Waals surface area contributed by atoms with Gasteiger partial charge in [-0.15, -0.1) is 13.2 Å². The van der Waals surface area contributed by atoms with Crippen molar-refractivity contribution in [3.8, 4) is 22.8 Å². The molecule has 7 nitrogen and oxygen atoms in total. The highest BCUT2D eigenvalue weighted by atomic mass is 19.4. The second kappa shape index (κ2) is 10.9. The second-order valence-electron chi connectivity index (χ2n) is 9.44. The van der Waals surface area contributed by atoms with E-state index >= 15 is 0 Å². The van der Waals surface area contributed by atoms with E-state index < -0.39 is 6.36 Å². The first-order chi connectivity index (χ1) is 17.6. The molecule has 37 heavy (non-hydrogen) atoms. The lowest BCUT2D eigenvalue weighted by Crippen LogP contribution is -2.34. The van der Waals surface area contributed by atoms with Crippen LogP contribution in [-0.4, -0.2) is 41.8 Å². The normalized spacial score (nSPS) is 15.1. The lowest BCUT2D eigenvalue weighted by atomic mass is 10.0. The van der Waals surface area contributed by atoms with Gasteiger partial charge in [0.2, 0.25) is 0 Å². The number of halogens is 3. The molecule has 200 valence electrons. The van der Waals surface area contributed by atoms with Crippen LogP contribution in [0.15, 0.2) is 30.5 Å². The molecule has 0 aliphatic heterocycles. The fraction of sp³-hybridized carbons (Fsp3) is 0.481. The van der Waals surface area contributed by atoms with Crippen LogP contribution in [0.1, 0.15) is 56.2 Å². The van der Waals surface area contributed by atoms with Crippen LogP contribution >= 0.6 is 0 Å². The Hall–Kier alpha value is -3.43. The summed E-state index contributed by atoms with van der Waals surface area (Å²) in [5, 5.41) is 2.95. The van der Waals surface area contributed by atoms with Gasteiger partial charge in [0.1, 0.15) is 18.1 Å². The van der Waals surface area contributed by atoms with Crippen LogP contribution in [0.5, 0.6) is 11.5 Å². The number of hydrogen-bond acceptors (Lipinski definition) is 5. The Morgan fingerprint density at radius 2 is 1.92 bits per heavy atom. The molecule has 1 saturated carbocycles. The van der Waals surface area contributed by atoms with Gasteiger partial charge in [0.25, 0.3) is 0 Å². The Kier molecular flexibility index (Phi) is 7.85. The Bertz CT molecular complexity index is 1270. The Morgan fingerprint density at radius 1 is 1.19 bits per heavy atom. The smallest absolute Gasteiger partial charge is 0.496 e. The van der Waals surface area contributed by atoms with Crippen molar-refractivity contribution in [1.82, 2.24) is 14.9 Å². The number of aryl methyl sites for hydroxylation is 2. The van der Waals surface area contributed by atoms with Crippen molar-refractivity contribution in [2.75, 3.05) is 13.7 Å². The van der Waals surface area contributed by atoms with Crippen molar-refractivity contribution in [2.24, 2.45) is 0 Å². The molecular weight excluding hydrogens is 487 g/mol. The monoisotopic (exact) mass is 519 g/mol. The SMILES string of the molecule is CCC(COC(=O)NC1CCCC1)n1cc(C)c2nc(-c3ccc(OC(F)(F)F)cc3OC)c(C)cc21. The number of rotatable bonds is 8. The number of methoxy groups -OCH3 is 1. The predicted molar refractivity (Wildman–Crippen MR) is 134 cm³/mol. The van der Waals surface area contributed by atoms with Crippen LogP contribution in [0.25, 0.3) is 22.3 Å². The number of alkyl carbamates (subject to hydrolysis) is 1. The quantitative estimate of drug-likeness (QED) is 0.352. The summed E-state index contributed by atoms with van der Waals surface area (Å²) in [6, 6.07) is 6.07. The van der Waals surface area contributed by atoms with Gasteiger partial charge in [0.15, 0.2) is 0 Å². The Balaban J connectivity index is 1.60. The highest BCUT2D eigenvalue weighted by Gasteiger charge is 2.31. The van der Waals surface area contributed by atoms with Gasteiger partial charge in [-0.3, -0.25) is 0 Å². The number of nitrogens with zero attached hydrogens (tertiary/aromatic N) is 2. The number of aromatic nitrogens is 2. The zero-order valence-electron chi connectivity index (χ0n) is 21.4. The molecule has 1 unspecified atom stereocenters. The lowest BCUT2D eigenvalue weighted by Gasteiger charge is -2.20. The molecule has 1 N–H and O–H groups in total. The third-order valence-corrected chi connectivity index (χ3v) is 6.79. The standard InChI is InChI=1S/C27H32F3N3O4/c1-5-19(15-36-26(34)31-18-8-6-7-9-18)33-14-17(3)25-22(33)12-16(2)24(32-25)21-11-10-20(13-23(21)35-4)37-27(28,29)30/h10-14,18-19H,5-9,15H2,1-4H3,(H,31,34). The molecule has 0 radical (unpaired) electrons. The summed E-state index contributed by atoms with van der Waals surface area (Å²) in [5.41, 5.74) is 4.56. The first-order valence-corrected chi connectivity index (χ1v) is 12.5. The van der Waals surface area contributed by atoms with Gasteiger partial charge < -0.3 is 24.1 Å². The minimum atomic E-state index is -4.80. The Morgan fingerprint density at radius 3 is 2.57 bits per heavy atom. The molecule has 1 aliphatic rings. The minimum absolute atomic E-state index is 0.0779. The molecule has 0 bridgehead atoms. The molecule has 1 aromatic carbocycles. The summed E-state index contributed by atoms with van der Waals surface area (Å²) in [7, 11) is 1.39. The van der Waals surface area contributed by atoms with Crippen molar-refractivity contribution in [3.05, 3.63) is 41.6 Å². The summed E-state index contributed by atoms with van der Waals surface area (Å²) >= 11 is 0. The summed E-state index contributed by atoms with van der Waals surface area (Å²) in [6.45, 7) is 6.10. The number of ether oxygens (including phenoxy) is 3. The largest absolute Gasteiger partial charge is 0.573 e. The number of benzene rings is 1. The van der Waals surface area contributed by atoms with Gasteiger partial charge >= 0.3 is 12.5 Å². The molecule has 1 fully saturated rings. The van der Waals surface area contributed by atoms with Crippen molar-refractivity contribution in [2.45, 2.75) is 71.3 Å². The number of pyridine rings is 1. The molecule has 0 spiro atoms. The molecule has 2 aromatic heterocycles. The molecule has 10 heteroatoms. The minimum Gasteiger partial charge on any atom is -0.496 e. The first-order valence-electron chi connectivity index (χ1n) is 12.5. The molecule has 4 rings (SSSR count). The maximum Gasteiger partial charge on any atom is 0.573 e. The number of hydrogen-bond donors (Lipinski definition) is 1. The van der Waals surface area contributed by atoms with Gasteiger partial charge in [-0.25, -0.2) is 9.78 Å². The van der Waals surface area contributed by atoms with Crippen LogP contribution in [0.2, 0.25) is 0 Å². The summed E-state index contributed by atoms with van der Waals surface area (Å²) in [4.78, 5) is 17.2. The second-order valence-corrected chi connectivity index (χ2v) is 9.44. The maximum atomic E-state index is 12.7. The zero-order valence-corrected chi connectivity index (χ0v) is 21.4. The van der Waals surface area contributed by atoms with E-state index in [9.17, 15) is 18.0 Å². The van der Waals surface area contributed by atoms with Crippen LogP contribution in [0, 0.1) is 13.8 Å². The third-order valence-electron chi connectivity index (χ3n) is 6.79. The number of carbonyl (C=O) groups excluding carboxylic acids is 1. The van der Waals surface area contributed by atoms with Crippen molar-refractivity contribution < 1.29 is 32.2 Å². The molecule has 1 atom stereocenters. The summed E-state index contributed by atoms with van der Waals surface area (Å²) in [5.74, 6) is -0.140. The maximum absolute atomic E-state index is 12.7. The van der Waals surface area contributed by atoms with E-state index in [1.807, 2.05) is 33.0 Å². The number of nitrogens with one attached hydrogen (secondary N) is 1. The number of carbonyl (C=O) groups is 1. The highest BCUT2D eigenvalue weighted by Crippen LogP contribution is 2.37. The van der Waals surface area contributed by atoms with Gasteiger partial charge in [-0.2, -0.15) is 0 Å². The molecule has 1 amide bonds. The number of fused-ring (bicyclic) bond motifs is 1. The molecule has 1 aliphatic carbocycles. The Labute approximate surface area is 213 Å². The summed E-state index contributed by atoms with van der Waals surface area (Å²) < 4.78 is 55.0. The average Bonchev–Trinajstić information content (AvgIpc) is 3.46. The molecule has 2 heterocycles. The van der Waals surface area contributed by atoms with E-state index in [0.717, 1.165) is 54.3 Å². The van der Waals surface area contributed by atoms with Crippen molar-refractivity contribution in [1.29, 1.82) is 0 Å². The van der Waals surface area contributed by atoms with Crippen molar-refractivity contribution >= 4 is 17.1 Å². The topological polar surface area (TPSA) is 74.6 Å². The number of alkyl halides is 3. The third kappa shape index (κ3) is 6.11. The van der Waals surface area contributed by atoms with Gasteiger partial charge in [0, 0.05) is 23.9 Å². The van der Waals surface area contributed by atoms with Gasteiger partial charge in [0.05, 0.1) is 29.9 Å². The molecule has 3 aromatic rings. The van der Waals surface area contributed by atoms with Crippen LogP contribution in [0.3, 0.4) is 0 Å². The first kappa shape index (κ1) is 26.6. The van der Waals surface area contributed by atoms with Gasteiger partial charge in [-0.05, 0) is 62.4 Å². The zero-order chi connectivity index (χ0) is 26.7. The van der Waals surface area contributed by atoms with E-state index in [0.29, 0.717) is 11.3 Å². The van der Waals surface area contributed by atoms with Crippen LogP contribution in [-0.2, 0) is 4.74 Å². The fourth-order valence-corrected chi connectivity index (χ4v) is 4.91. The lowest BCUT2D eigenvalue weighted by molar-refractivity contribution is -0.274. The molecule has 0 saturated heterocycles. The van der Waals surface area contributed by atoms with E-state index in [4.69, 9.17) is 14.5 Å². The predicted octanol–water partition coefficient (Wildman–Crippen LogP) is 6.85. The van der Waals surface area contributed by atoms with E-state index in [1.165, 1.54) is 25.3 Å². The van der Waals surface area contributed by atoms with E-state index in [2.05, 4.69) is 14.6 Å². The van der Waals surface area contributed by atoms with Gasteiger partial charge in [-0.1, -0.05) is 19.8 Å². The van der Waals surface area contributed by atoms with E-state index in [-0.39, 0.29) is 36.3 Å². The molecular formula is C27H32F3N3O4.